The number of aryl methyl sites for hydroxylation is 1. The predicted molar refractivity (Wildman–Crippen MR) is 70.2 cm³/mol. The van der Waals surface area contributed by atoms with Crippen molar-refractivity contribution in [3.63, 3.8) is 0 Å². The second-order valence-electron chi connectivity index (χ2n) is 4.71. The molecule has 1 aromatic rings. The average Bonchev–Trinajstić information content (AvgIpc) is 2.71. The second-order valence-corrected chi connectivity index (χ2v) is 4.71. The summed E-state index contributed by atoms with van der Waals surface area (Å²) in [5.74, 6) is 0. The molecule has 1 unspecified atom stereocenters. The van der Waals surface area contributed by atoms with E-state index in [9.17, 15) is 0 Å². The van der Waals surface area contributed by atoms with Gasteiger partial charge < -0.3 is 10.2 Å². The van der Waals surface area contributed by atoms with Gasteiger partial charge in [0, 0.05) is 24.8 Å². The maximum Gasteiger partial charge on any atom is 0.0399 e. The SMILES string of the molecule is CCNC1CCN(c2cccc(C)c2C)C1. The summed E-state index contributed by atoms with van der Waals surface area (Å²) in [5.41, 5.74) is 4.24. The molecule has 0 aromatic heterocycles. The molecule has 2 heteroatoms. The smallest absolute Gasteiger partial charge is 0.0399 e. The van der Waals surface area contributed by atoms with Gasteiger partial charge in [-0.1, -0.05) is 19.1 Å². The highest BCUT2D eigenvalue weighted by Crippen LogP contribution is 2.26. The first-order valence-corrected chi connectivity index (χ1v) is 6.27. The lowest BCUT2D eigenvalue weighted by Gasteiger charge is -2.22. The highest BCUT2D eigenvalue weighted by atomic mass is 15.2. The summed E-state index contributed by atoms with van der Waals surface area (Å²) in [6, 6.07) is 7.27. The summed E-state index contributed by atoms with van der Waals surface area (Å²) in [6.45, 7) is 10.0. The summed E-state index contributed by atoms with van der Waals surface area (Å²) in [6.07, 6.45) is 1.27. The third kappa shape index (κ3) is 2.22. The Morgan fingerprint density at radius 2 is 2.19 bits per heavy atom. The van der Waals surface area contributed by atoms with E-state index in [0.29, 0.717) is 6.04 Å². The van der Waals surface area contributed by atoms with Gasteiger partial charge in [-0.15, -0.1) is 0 Å². The summed E-state index contributed by atoms with van der Waals surface area (Å²) < 4.78 is 0. The Morgan fingerprint density at radius 3 is 2.94 bits per heavy atom. The number of nitrogens with one attached hydrogen (secondary N) is 1. The molecule has 1 aliphatic heterocycles. The highest BCUT2D eigenvalue weighted by molar-refractivity contribution is 5.56. The Balaban J connectivity index is 2.11. The van der Waals surface area contributed by atoms with Crippen molar-refractivity contribution >= 4 is 5.69 Å². The standard InChI is InChI=1S/C14H22N2/c1-4-15-13-8-9-16(10-13)14-7-5-6-11(2)12(14)3/h5-7,13,15H,4,8-10H2,1-3H3. The van der Waals surface area contributed by atoms with Crippen molar-refractivity contribution < 1.29 is 0 Å². The number of hydrogen-bond acceptors (Lipinski definition) is 2. The molecule has 0 amide bonds. The molecule has 16 heavy (non-hydrogen) atoms. The van der Waals surface area contributed by atoms with Crippen LogP contribution in [0.5, 0.6) is 0 Å². The van der Waals surface area contributed by atoms with Crippen LogP contribution in [0, 0.1) is 13.8 Å². The van der Waals surface area contributed by atoms with E-state index in [1.54, 1.807) is 0 Å². The van der Waals surface area contributed by atoms with Crippen LogP contribution in [0.3, 0.4) is 0 Å². The summed E-state index contributed by atoms with van der Waals surface area (Å²) >= 11 is 0. The van der Waals surface area contributed by atoms with E-state index in [-0.39, 0.29) is 0 Å². The molecular weight excluding hydrogens is 196 g/mol. The number of benzene rings is 1. The van der Waals surface area contributed by atoms with Gasteiger partial charge in [0.15, 0.2) is 0 Å². The van der Waals surface area contributed by atoms with Gasteiger partial charge in [-0.2, -0.15) is 0 Å². The monoisotopic (exact) mass is 218 g/mol. The van der Waals surface area contributed by atoms with Crippen molar-refractivity contribution in [2.75, 3.05) is 24.5 Å². The van der Waals surface area contributed by atoms with Gasteiger partial charge >= 0.3 is 0 Å². The van der Waals surface area contributed by atoms with Crippen molar-refractivity contribution in [2.45, 2.75) is 33.2 Å². The van der Waals surface area contributed by atoms with Gasteiger partial charge in [0.2, 0.25) is 0 Å². The first kappa shape index (κ1) is 11.5. The maximum absolute atomic E-state index is 3.54. The van der Waals surface area contributed by atoms with Gasteiger partial charge in [0.05, 0.1) is 0 Å². The Kier molecular flexibility index (Phi) is 3.49. The minimum Gasteiger partial charge on any atom is -0.370 e. The Bertz CT molecular complexity index is 360. The van der Waals surface area contributed by atoms with Crippen LogP contribution in [0.2, 0.25) is 0 Å². The zero-order valence-corrected chi connectivity index (χ0v) is 10.6. The zero-order chi connectivity index (χ0) is 11.5. The van der Waals surface area contributed by atoms with E-state index >= 15 is 0 Å². The molecule has 1 aliphatic rings. The first-order valence-electron chi connectivity index (χ1n) is 6.27. The fraction of sp³-hybridized carbons (Fsp3) is 0.571. The average molecular weight is 218 g/mol. The molecule has 2 nitrogen and oxygen atoms in total. The van der Waals surface area contributed by atoms with Crippen LogP contribution in [0.1, 0.15) is 24.5 Å². The molecule has 1 heterocycles. The van der Waals surface area contributed by atoms with E-state index in [2.05, 4.69) is 49.2 Å². The topological polar surface area (TPSA) is 15.3 Å². The van der Waals surface area contributed by atoms with Crippen LogP contribution in [-0.2, 0) is 0 Å². The van der Waals surface area contributed by atoms with E-state index in [1.807, 2.05) is 0 Å². The number of nitrogens with zero attached hydrogens (tertiary/aromatic N) is 1. The summed E-state index contributed by atoms with van der Waals surface area (Å²) in [5, 5.41) is 3.54. The van der Waals surface area contributed by atoms with Gasteiger partial charge in [-0.3, -0.25) is 0 Å². The molecule has 2 rings (SSSR count). The molecule has 1 saturated heterocycles. The Morgan fingerprint density at radius 1 is 1.38 bits per heavy atom. The fourth-order valence-corrected chi connectivity index (χ4v) is 2.51. The quantitative estimate of drug-likeness (QED) is 0.838. The van der Waals surface area contributed by atoms with Crippen molar-refractivity contribution in [2.24, 2.45) is 0 Å². The first-order chi connectivity index (χ1) is 7.72. The number of hydrogen-bond donors (Lipinski definition) is 1. The third-order valence-corrected chi connectivity index (χ3v) is 3.60. The molecule has 0 spiro atoms. The third-order valence-electron chi connectivity index (χ3n) is 3.60. The number of rotatable bonds is 3. The van der Waals surface area contributed by atoms with Crippen LogP contribution in [0.25, 0.3) is 0 Å². The normalized spacial score (nSPS) is 20.4. The number of anilines is 1. The largest absolute Gasteiger partial charge is 0.370 e. The molecule has 1 fully saturated rings. The summed E-state index contributed by atoms with van der Waals surface area (Å²) in [4.78, 5) is 2.51. The summed E-state index contributed by atoms with van der Waals surface area (Å²) in [7, 11) is 0. The van der Waals surface area contributed by atoms with Gasteiger partial charge in [0.25, 0.3) is 0 Å². The lowest BCUT2D eigenvalue weighted by molar-refractivity contribution is 0.572. The van der Waals surface area contributed by atoms with Gasteiger partial charge in [0.1, 0.15) is 0 Å². The van der Waals surface area contributed by atoms with Crippen LogP contribution in [-0.4, -0.2) is 25.7 Å². The van der Waals surface area contributed by atoms with Crippen LogP contribution in [0.4, 0.5) is 5.69 Å². The molecule has 0 bridgehead atoms. The van der Waals surface area contributed by atoms with Gasteiger partial charge in [-0.05, 0) is 44.0 Å². The molecule has 1 atom stereocenters. The fourth-order valence-electron chi connectivity index (χ4n) is 2.51. The molecule has 0 radical (unpaired) electrons. The zero-order valence-electron chi connectivity index (χ0n) is 10.6. The Labute approximate surface area is 98.7 Å². The molecule has 0 aliphatic carbocycles. The van der Waals surface area contributed by atoms with Crippen LogP contribution < -0.4 is 10.2 Å². The van der Waals surface area contributed by atoms with Crippen LogP contribution >= 0.6 is 0 Å². The lowest BCUT2D eigenvalue weighted by atomic mass is 10.1. The predicted octanol–water partition coefficient (Wildman–Crippen LogP) is 2.49. The van der Waals surface area contributed by atoms with E-state index in [0.717, 1.165) is 13.1 Å². The Hall–Kier alpha value is -1.02. The molecule has 0 saturated carbocycles. The lowest BCUT2D eigenvalue weighted by Crippen LogP contribution is -2.32. The van der Waals surface area contributed by atoms with E-state index < -0.39 is 0 Å². The minimum absolute atomic E-state index is 0.671. The van der Waals surface area contributed by atoms with Crippen molar-refractivity contribution in [3.05, 3.63) is 29.3 Å². The molecular formula is C14H22N2. The van der Waals surface area contributed by atoms with Crippen molar-refractivity contribution in [1.82, 2.24) is 5.32 Å². The van der Waals surface area contributed by atoms with E-state index in [1.165, 1.54) is 29.8 Å². The molecule has 1 N–H and O–H groups in total. The molecule has 1 aromatic carbocycles. The minimum atomic E-state index is 0.671. The molecule has 88 valence electrons. The number of likely N-dealkylation sites (N-methyl/N-ethyl adjacent to an activating group) is 1. The maximum atomic E-state index is 3.54. The highest BCUT2D eigenvalue weighted by Gasteiger charge is 2.22. The van der Waals surface area contributed by atoms with Crippen molar-refractivity contribution in [3.8, 4) is 0 Å². The second kappa shape index (κ2) is 4.88. The van der Waals surface area contributed by atoms with Crippen LogP contribution in [0.15, 0.2) is 18.2 Å². The van der Waals surface area contributed by atoms with Gasteiger partial charge in [-0.25, -0.2) is 0 Å². The van der Waals surface area contributed by atoms with E-state index in [4.69, 9.17) is 0 Å². The van der Waals surface area contributed by atoms with Crippen molar-refractivity contribution in [1.29, 1.82) is 0 Å².